The highest BCUT2D eigenvalue weighted by Gasteiger charge is 2.33. The normalized spacial score (nSPS) is 13.4. The Morgan fingerprint density at radius 2 is 1.89 bits per heavy atom. The molecular formula is C22H24ClNO4. The highest BCUT2D eigenvalue weighted by molar-refractivity contribution is 6.30. The van der Waals surface area contributed by atoms with Crippen LogP contribution in [0.3, 0.4) is 0 Å². The third-order valence-corrected chi connectivity index (χ3v) is 5.37. The molecular weight excluding hydrogens is 378 g/mol. The summed E-state index contributed by atoms with van der Waals surface area (Å²) in [4.78, 5) is 28.1. The molecule has 1 N–H and O–H groups in total. The van der Waals surface area contributed by atoms with E-state index < -0.39 is 5.97 Å². The van der Waals surface area contributed by atoms with Gasteiger partial charge in [-0.1, -0.05) is 29.8 Å². The summed E-state index contributed by atoms with van der Waals surface area (Å²) in [6.07, 6.45) is 4.86. The maximum Gasteiger partial charge on any atom is 0.338 e. The molecule has 0 bridgehead atoms. The first-order valence-electron chi connectivity index (χ1n) is 9.63. The maximum absolute atomic E-state index is 11.9. The van der Waals surface area contributed by atoms with E-state index in [0.717, 1.165) is 43.2 Å². The predicted molar refractivity (Wildman–Crippen MR) is 107 cm³/mol. The summed E-state index contributed by atoms with van der Waals surface area (Å²) < 4.78 is 5.27. The van der Waals surface area contributed by atoms with Gasteiger partial charge in [-0.3, -0.25) is 0 Å². The number of aryl methyl sites for hydroxylation is 1. The van der Waals surface area contributed by atoms with Crippen LogP contribution in [-0.2, 0) is 11.2 Å². The molecule has 5 nitrogen and oxygen atoms in total. The summed E-state index contributed by atoms with van der Waals surface area (Å²) in [5, 5.41) is 10.1. The lowest BCUT2D eigenvalue weighted by atomic mass is 9.95. The number of unbranched alkanes of at least 4 members (excludes halogenated alkanes) is 2. The van der Waals surface area contributed by atoms with Gasteiger partial charge < -0.3 is 9.84 Å². The highest BCUT2D eigenvalue weighted by Crippen LogP contribution is 2.45. The lowest BCUT2D eigenvalue weighted by molar-refractivity contribution is 0.0497. The molecule has 0 saturated heterocycles. The van der Waals surface area contributed by atoms with Crippen molar-refractivity contribution in [3.8, 4) is 0 Å². The number of aromatic nitrogens is 1. The molecule has 1 aromatic heterocycles. The third-order valence-electron chi connectivity index (χ3n) is 5.00. The van der Waals surface area contributed by atoms with Crippen LogP contribution in [0, 0.1) is 6.92 Å². The number of carbonyl (C=O) groups is 2. The van der Waals surface area contributed by atoms with Gasteiger partial charge in [0.1, 0.15) is 5.15 Å². The first kappa shape index (κ1) is 20.3. The van der Waals surface area contributed by atoms with E-state index in [1.165, 1.54) is 0 Å². The zero-order valence-electron chi connectivity index (χ0n) is 15.9. The number of hydrogen-bond acceptors (Lipinski definition) is 4. The van der Waals surface area contributed by atoms with E-state index in [9.17, 15) is 14.7 Å². The number of carboxylic acid groups (broad SMARTS) is 1. The van der Waals surface area contributed by atoms with Gasteiger partial charge in [0.15, 0.2) is 0 Å². The van der Waals surface area contributed by atoms with Crippen molar-refractivity contribution in [3.05, 3.63) is 63.4 Å². The number of pyridine rings is 1. The number of carboxylic acids is 1. The van der Waals surface area contributed by atoms with Crippen LogP contribution >= 0.6 is 11.6 Å². The van der Waals surface area contributed by atoms with Gasteiger partial charge in [0.25, 0.3) is 0 Å². The SMILES string of the molecule is Cc1c(Cl)nc(CCCCCOC(=O)c2ccccc2)c(C(=O)O)c1C1CC1. The predicted octanol–water partition coefficient (Wildman–Crippen LogP) is 5.19. The molecule has 0 unspecified atom stereocenters. The molecule has 0 radical (unpaired) electrons. The van der Waals surface area contributed by atoms with Crippen LogP contribution in [0.2, 0.25) is 5.15 Å². The van der Waals surface area contributed by atoms with Gasteiger partial charge in [-0.2, -0.15) is 0 Å². The van der Waals surface area contributed by atoms with Crippen molar-refractivity contribution in [2.75, 3.05) is 6.61 Å². The minimum atomic E-state index is -0.930. The minimum Gasteiger partial charge on any atom is -0.478 e. The van der Waals surface area contributed by atoms with E-state index in [1.807, 2.05) is 13.0 Å². The van der Waals surface area contributed by atoms with Crippen LogP contribution in [0.5, 0.6) is 0 Å². The Bertz CT molecular complexity index is 863. The lowest BCUT2D eigenvalue weighted by Crippen LogP contribution is -2.12. The number of benzene rings is 1. The van der Waals surface area contributed by atoms with Crippen molar-refractivity contribution in [2.24, 2.45) is 0 Å². The number of halogens is 1. The average Bonchev–Trinajstić information content (AvgIpc) is 3.52. The zero-order chi connectivity index (χ0) is 20.1. The van der Waals surface area contributed by atoms with Gasteiger partial charge in [-0.15, -0.1) is 0 Å². The number of carbonyl (C=O) groups excluding carboxylic acids is 1. The molecule has 148 valence electrons. The Kier molecular flexibility index (Phi) is 6.68. The fourth-order valence-corrected chi connectivity index (χ4v) is 3.61. The van der Waals surface area contributed by atoms with Crippen LogP contribution in [-0.4, -0.2) is 28.6 Å². The van der Waals surface area contributed by atoms with Gasteiger partial charge in [0.2, 0.25) is 0 Å². The van der Waals surface area contributed by atoms with Crippen LogP contribution in [0.25, 0.3) is 0 Å². The van der Waals surface area contributed by atoms with Crippen molar-refractivity contribution >= 4 is 23.5 Å². The van der Waals surface area contributed by atoms with Crippen molar-refractivity contribution in [1.82, 2.24) is 4.98 Å². The number of rotatable bonds is 9. The minimum absolute atomic E-state index is 0.294. The summed E-state index contributed by atoms with van der Waals surface area (Å²) in [6, 6.07) is 8.89. The molecule has 1 heterocycles. The van der Waals surface area contributed by atoms with E-state index in [1.54, 1.807) is 24.3 Å². The largest absolute Gasteiger partial charge is 0.478 e. The summed E-state index contributed by atoms with van der Waals surface area (Å²) in [5.41, 5.74) is 3.09. The standard InChI is InChI=1S/C22H24ClNO4/c1-14-18(15-11-12-15)19(21(25)26)17(24-20(14)23)10-6-3-7-13-28-22(27)16-8-4-2-5-9-16/h2,4-5,8-9,15H,3,6-7,10-13H2,1H3,(H,25,26). The average molecular weight is 402 g/mol. The number of ether oxygens (including phenoxy) is 1. The molecule has 0 spiro atoms. The van der Waals surface area contributed by atoms with Gasteiger partial charge in [-0.05, 0) is 74.6 Å². The zero-order valence-corrected chi connectivity index (χ0v) is 16.7. The number of hydrogen-bond donors (Lipinski definition) is 1. The molecule has 0 aliphatic heterocycles. The van der Waals surface area contributed by atoms with Gasteiger partial charge >= 0.3 is 11.9 Å². The van der Waals surface area contributed by atoms with Crippen molar-refractivity contribution in [2.45, 2.75) is 51.4 Å². The van der Waals surface area contributed by atoms with E-state index in [-0.39, 0.29) is 5.97 Å². The molecule has 1 fully saturated rings. The van der Waals surface area contributed by atoms with Crippen LogP contribution in [0.15, 0.2) is 30.3 Å². The number of nitrogens with zero attached hydrogens (tertiary/aromatic N) is 1. The van der Waals surface area contributed by atoms with E-state index >= 15 is 0 Å². The second-order valence-corrected chi connectivity index (χ2v) is 7.51. The lowest BCUT2D eigenvalue weighted by Gasteiger charge is -2.15. The summed E-state index contributed by atoms with van der Waals surface area (Å²) in [5.74, 6) is -0.960. The fourth-order valence-electron chi connectivity index (χ4n) is 3.41. The first-order valence-corrected chi connectivity index (χ1v) is 10.0. The van der Waals surface area contributed by atoms with Crippen LogP contribution in [0.1, 0.15) is 75.6 Å². The molecule has 1 aliphatic carbocycles. The Hall–Kier alpha value is -2.40. The van der Waals surface area contributed by atoms with Crippen molar-refractivity contribution in [3.63, 3.8) is 0 Å². The number of aromatic carboxylic acids is 1. The molecule has 2 aromatic rings. The second kappa shape index (κ2) is 9.20. The number of esters is 1. The topological polar surface area (TPSA) is 76.5 Å². The van der Waals surface area contributed by atoms with Gasteiger partial charge in [0.05, 0.1) is 23.4 Å². The molecule has 28 heavy (non-hydrogen) atoms. The molecule has 1 aliphatic rings. The fraction of sp³-hybridized carbons (Fsp3) is 0.409. The Balaban J connectivity index is 1.52. The Morgan fingerprint density at radius 1 is 1.18 bits per heavy atom. The van der Waals surface area contributed by atoms with Gasteiger partial charge in [0, 0.05) is 0 Å². The third kappa shape index (κ3) is 4.90. The maximum atomic E-state index is 11.9. The van der Waals surface area contributed by atoms with Gasteiger partial charge in [-0.25, -0.2) is 14.6 Å². The molecule has 6 heteroatoms. The Labute approximate surface area is 169 Å². The highest BCUT2D eigenvalue weighted by atomic mass is 35.5. The quantitative estimate of drug-likeness (QED) is 0.355. The van der Waals surface area contributed by atoms with E-state index in [0.29, 0.717) is 40.9 Å². The molecule has 3 rings (SSSR count). The summed E-state index contributed by atoms with van der Waals surface area (Å²) in [7, 11) is 0. The molecule has 1 saturated carbocycles. The summed E-state index contributed by atoms with van der Waals surface area (Å²) in [6.45, 7) is 2.19. The summed E-state index contributed by atoms with van der Waals surface area (Å²) >= 11 is 6.26. The van der Waals surface area contributed by atoms with Crippen LogP contribution < -0.4 is 0 Å². The van der Waals surface area contributed by atoms with E-state index in [4.69, 9.17) is 16.3 Å². The molecule has 0 atom stereocenters. The van der Waals surface area contributed by atoms with Crippen molar-refractivity contribution in [1.29, 1.82) is 0 Å². The van der Waals surface area contributed by atoms with Crippen molar-refractivity contribution < 1.29 is 19.4 Å². The molecule has 1 aromatic carbocycles. The first-order chi connectivity index (χ1) is 13.5. The molecule has 0 amide bonds. The Morgan fingerprint density at radius 3 is 2.54 bits per heavy atom. The van der Waals surface area contributed by atoms with E-state index in [2.05, 4.69) is 4.98 Å². The van der Waals surface area contributed by atoms with Crippen LogP contribution in [0.4, 0.5) is 0 Å². The second-order valence-electron chi connectivity index (χ2n) is 7.16. The smallest absolute Gasteiger partial charge is 0.338 e. The monoisotopic (exact) mass is 401 g/mol.